The van der Waals surface area contributed by atoms with Gasteiger partial charge in [-0.1, -0.05) is 31.0 Å². The van der Waals surface area contributed by atoms with Crippen LogP contribution in [0.1, 0.15) is 43.1 Å². The van der Waals surface area contributed by atoms with Gasteiger partial charge in [-0.3, -0.25) is 0 Å². The van der Waals surface area contributed by atoms with Crippen molar-refractivity contribution in [3.63, 3.8) is 0 Å². The van der Waals surface area contributed by atoms with E-state index in [-0.39, 0.29) is 0 Å². The summed E-state index contributed by atoms with van der Waals surface area (Å²) in [6, 6.07) is 7.88. The van der Waals surface area contributed by atoms with Crippen molar-refractivity contribution in [1.29, 1.82) is 5.26 Å². The van der Waals surface area contributed by atoms with E-state index in [0.717, 1.165) is 37.1 Å². The van der Waals surface area contributed by atoms with Gasteiger partial charge in [0, 0.05) is 13.0 Å². The van der Waals surface area contributed by atoms with E-state index in [1.165, 1.54) is 0 Å². The molecule has 0 bridgehead atoms. The van der Waals surface area contributed by atoms with Gasteiger partial charge in [0.25, 0.3) is 0 Å². The second-order valence-electron chi connectivity index (χ2n) is 5.29. The monoisotopic (exact) mass is 314 g/mol. The van der Waals surface area contributed by atoms with Gasteiger partial charge in [-0.05, 0) is 24.1 Å². The molecular weight excluding hydrogens is 292 g/mol. The van der Waals surface area contributed by atoms with Crippen LogP contribution in [0.5, 0.6) is 11.5 Å². The second kappa shape index (κ2) is 8.18. The van der Waals surface area contributed by atoms with Gasteiger partial charge in [-0.15, -0.1) is 5.10 Å². The zero-order chi connectivity index (χ0) is 16.7. The van der Waals surface area contributed by atoms with Crippen LogP contribution in [0.4, 0.5) is 0 Å². The average molecular weight is 314 g/mol. The molecule has 0 fully saturated rings. The average Bonchev–Trinajstić information content (AvgIpc) is 2.97. The van der Waals surface area contributed by atoms with Crippen LogP contribution in [0.15, 0.2) is 18.2 Å². The number of hydrogen-bond donors (Lipinski definition) is 0. The van der Waals surface area contributed by atoms with E-state index in [4.69, 9.17) is 9.47 Å². The molecule has 1 aromatic carbocycles. The highest BCUT2D eigenvalue weighted by Crippen LogP contribution is 2.28. The van der Waals surface area contributed by atoms with Crippen molar-refractivity contribution in [1.82, 2.24) is 15.0 Å². The van der Waals surface area contributed by atoms with Crippen LogP contribution in [-0.4, -0.2) is 29.2 Å². The number of unbranched alkanes of at least 4 members (excludes halogenated alkanes) is 2. The fraction of sp³-hybridized carbons (Fsp3) is 0.471. The van der Waals surface area contributed by atoms with Gasteiger partial charge >= 0.3 is 0 Å². The summed E-state index contributed by atoms with van der Waals surface area (Å²) in [7, 11) is 3.22. The molecule has 6 heteroatoms. The summed E-state index contributed by atoms with van der Waals surface area (Å²) in [5.41, 5.74) is 2.25. The quantitative estimate of drug-likeness (QED) is 0.700. The van der Waals surface area contributed by atoms with Gasteiger partial charge in [0.05, 0.1) is 19.9 Å². The van der Waals surface area contributed by atoms with Gasteiger partial charge in [-0.25, -0.2) is 4.68 Å². The van der Waals surface area contributed by atoms with Crippen molar-refractivity contribution >= 4 is 0 Å². The Morgan fingerprint density at radius 2 is 1.96 bits per heavy atom. The molecule has 0 unspecified atom stereocenters. The van der Waals surface area contributed by atoms with E-state index in [1.54, 1.807) is 14.2 Å². The molecule has 0 amide bonds. The molecule has 0 aliphatic carbocycles. The summed E-state index contributed by atoms with van der Waals surface area (Å²) in [6.45, 7) is 2.94. The van der Waals surface area contributed by atoms with E-state index in [0.29, 0.717) is 23.6 Å². The highest BCUT2D eigenvalue weighted by Gasteiger charge is 2.14. The van der Waals surface area contributed by atoms with E-state index >= 15 is 0 Å². The maximum atomic E-state index is 9.25. The number of aryl methyl sites for hydroxylation is 1. The molecule has 0 atom stereocenters. The van der Waals surface area contributed by atoms with E-state index in [2.05, 4.69) is 23.3 Å². The molecule has 122 valence electrons. The Bertz CT molecular complexity index is 688. The van der Waals surface area contributed by atoms with Gasteiger partial charge in [0.15, 0.2) is 17.2 Å². The first kappa shape index (κ1) is 16.8. The molecular formula is C17H22N4O2. The van der Waals surface area contributed by atoms with E-state index < -0.39 is 0 Å². The lowest BCUT2D eigenvalue weighted by molar-refractivity contribution is 0.354. The zero-order valence-corrected chi connectivity index (χ0v) is 13.9. The van der Waals surface area contributed by atoms with Crippen LogP contribution >= 0.6 is 0 Å². The van der Waals surface area contributed by atoms with Crippen molar-refractivity contribution in [2.24, 2.45) is 0 Å². The normalized spacial score (nSPS) is 10.3. The number of aromatic nitrogens is 3. The summed E-state index contributed by atoms with van der Waals surface area (Å²) >= 11 is 0. The molecule has 2 aromatic rings. The molecule has 2 rings (SSSR count). The predicted octanol–water partition coefficient (Wildman–Crippen LogP) is 2.95. The molecule has 1 heterocycles. The van der Waals surface area contributed by atoms with Crippen LogP contribution < -0.4 is 9.47 Å². The predicted molar refractivity (Wildman–Crippen MR) is 86.6 cm³/mol. The summed E-state index contributed by atoms with van der Waals surface area (Å²) in [6.07, 6.45) is 3.90. The maximum Gasteiger partial charge on any atom is 0.186 e. The minimum Gasteiger partial charge on any atom is -0.493 e. The topological polar surface area (TPSA) is 73.0 Å². The molecule has 1 aromatic heterocycles. The van der Waals surface area contributed by atoms with Gasteiger partial charge < -0.3 is 9.47 Å². The molecule has 0 aliphatic heterocycles. The fourth-order valence-electron chi connectivity index (χ4n) is 2.47. The second-order valence-corrected chi connectivity index (χ2v) is 5.29. The summed E-state index contributed by atoms with van der Waals surface area (Å²) in [4.78, 5) is 0. The lowest BCUT2D eigenvalue weighted by atomic mass is 10.1. The highest BCUT2D eigenvalue weighted by molar-refractivity contribution is 5.44. The van der Waals surface area contributed by atoms with Crippen LogP contribution in [-0.2, 0) is 13.0 Å². The Hall–Kier alpha value is -2.55. The SMILES string of the molecule is CCCCCn1nnc(C#N)c1Cc1ccc(OC)c(OC)c1. The van der Waals surface area contributed by atoms with Crippen LogP contribution in [0.25, 0.3) is 0 Å². The Morgan fingerprint density at radius 3 is 2.61 bits per heavy atom. The van der Waals surface area contributed by atoms with E-state index in [1.807, 2.05) is 22.9 Å². The summed E-state index contributed by atoms with van der Waals surface area (Å²) < 4.78 is 12.4. The number of hydrogen-bond acceptors (Lipinski definition) is 5. The molecule has 0 saturated heterocycles. The molecule has 6 nitrogen and oxygen atoms in total. The number of methoxy groups -OCH3 is 2. The number of rotatable bonds is 8. The minimum atomic E-state index is 0.385. The van der Waals surface area contributed by atoms with Crippen LogP contribution in [0.2, 0.25) is 0 Å². The summed E-state index contributed by atoms with van der Waals surface area (Å²) in [5.74, 6) is 1.36. The highest BCUT2D eigenvalue weighted by atomic mass is 16.5. The van der Waals surface area contributed by atoms with Gasteiger partial charge in [0.2, 0.25) is 0 Å². The van der Waals surface area contributed by atoms with Crippen molar-refractivity contribution in [3.8, 4) is 17.6 Å². The molecule has 0 aliphatic rings. The lowest BCUT2D eigenvalue weighted by Crippen LogP contribution is -2.07. The number of nitriles is 1. The third-order valence-corrected chi connectivity index (χ3v) is 3.74. The number of benzene rings is 1. The molecule has 0 spiro atoms. The smallest absolute Gasteiger partial charge is 0.186 e. The molecule has 0 radical (unpaired) electrons. The van der Waals surface area contributed by atoms with Gasteiger partial charge in [-0.2, -0.15) is 5.26 Å². The third kappa shape index (κ3) is 4.01. The molecule has 0 N–H and O–H groups in total. The summed E-state index contributed by atoms with van der Waals surface area (Å²) in [5, 5.41) is 17.4. The lowest BCUT2D eigenvalue weighted by Gasteiger charge is -2.10. The first-order valence-corrected chi connectivity index (χ1v) is 7.76. The standard InChI is InChI=1S/C17H22N4O2/c1-4-5-6-9-21-15(14(12-18)19-20-21)10-13-7-8-16(22-2)17(11-13)23-3/h7-8,11H,4-6,9-10H2,1-3H3. The number of ether oxygens (including phenoxy) is 2. The van der Waals surface area contributed by atoms with Gasteiger partial charge in [0.1, 0.15) is 6.07 Å². The molecule has 23 heavy (non-hydrogen) atoms. The van der Waals surface area contributed by atoms with E-state index in [9.17, 15) is 5.26 Å². The Morgan fingerprint density at radius 1 is 1.17 bits per heavy atom. The zero-order valence-electron chi connectivity index (χ0n) is 13.9. The Balaban J connectivity index is 2.25. The fourth-order valence-corrected chi connectivity index (χ4v) is 2.47. The minimum absolute atomic E-state index is 0.385. The van der Waals surface area contributed by atoms with Crippen molar-refractivity contribution in [2.45, 2.75) is 39.2 Å². The number of nitrogens with zero attached hydrogens (tertiary/aromatic N) is 4. The Kier molecular flexibility index (Phi) is 5.98. The Labute approximate surface area is 136 Å². The van der Waals surface area contributed by atoms with Crippen LogP contribution in [0.3, 0.4) is 0 Å². The van der Waals surface area contributed by atoms with Crippen LogP contribution in [0, 0.1) is 11.3 Å². The maximum absolute atomic E-state index is 9.25. The van der Waals surface area contributed by atoms with Crippen molar-refractivity contribution < 1.29 is 9.47 Å². The van der Waals surface area contributed by atoms with Crippen molar-refractivity contribution in [2.75, 3.05) is 14.2 Å². The first-order valence-electron chi connectivity index (χ1n) is 7.76. The molecule has 0 saturated carbocycles. The van der Waals surface area contributed by atoms with Crippen molar-refractivity contribution in [3.05, 3.63) is 35.2 Å². The first-order chi connectivity index (χ1) is 11.2. The third-order valence-electron chi connectivity index (χ3n) is 3.74. The largest absolute Gasteiger partial charge is 0.493 e.